The molecule has 1 aromatic rings. The molecule has 0 bridgehead atoms. The lowest BCUT2D eigenvalue weighted by Gasteiger charge is -2.11. The molecular formula is C11H10F2O3. The number of halogens is 2. The summed E-state index contributed by atoms with van der Waals surface area (Å²) in [6.45, 7) is 0.0308. The minimum Gasteiger partial charge on any atom is -0.395 e. The molecule has 1 aliphatic carbocycles. The molecule has 2 aliphatic rings. The number of aliphatic hydroxyl groups is 1. The number of alkyl halides is 2. The first-order chi connectivity index (χ1) is 7.55. The smallest absolute Gasteiger partial charge is 0.395 e. The van der Waals surface area contributed by atoms with Gasteiger partial charge in [0.05, 0.1) is 6.61 Å². The van der Waals surface area contributed by atoms with Gasteiger partial charge in [-0.3, -0.25) is 0 Å². The van der Waals surface area contributed by atoms with E-state index in [1.165, 1.54) is 12.1 Å². The molecule has 1 fully saturated rings. The molecule has 16 heavy (non-hydrogen) atoms. The fourth-order valence-corrected chi connectivity index (χ4v) is 1.97. The van der Waals surface area contributed by atoms with Gasteiger partial charge in [-0.2, -0.15) is 0 Å². The molecule has 0 radical (unpaired) electrons. The molecule has 0 saturated heterocycles. The largest absolute Gasteiger partial charge is 0.586 e. The summed E-state index contributed by atoms with van der Waals surface area (Å²) < 4.78 is 34.2. The fraction of sp³-hybridized carbons (Fsp3) is 0.455. The van der Waals surface area contributed by atoms with Crippen LogP contribution in [0.3, 0.4) is 0 Å². The maximum Gasteiger partial charge on any atom is 0.586 e. The summed E-state index contributed by atoms with van der Waals surface area (Å²) in [5.74, 6) is 0.0877. The highest BCUT2D eigenvalue weighted by atomic mass is 19.3. The SMILES string of the molecule is OCC1(c2ccc3c(c2)OC(F)(F)O3)CC1. The number of hydrogen-bond donors (Lipinski definition) is 1. The summed E-state index contributed by atoms with van der Waals surface area (Å²) in [7, 11) is 0. The van der Waals surface area contributed by atoms with Crippen molar-refractivity contribution in [3.8, 4) is 11.5 Å². The average molecular weight is 228 g/mol. The molecule has 1 aromatic carbocycles. The Hall–Kier alpha value is -1.36. The van der Waals surface area contributed by atoms with Crippen molar-refractivity contribution in [1.29, 1.82) is 0 Å². The van der Waals surface area contributed by atoms with Crippen molar-refractivity contribution in [2.45, 2.75) is 24.6 Å². The Labute approximate surface area is 90.6 Å². The van der Waals surface area contributed by atoms with Crippen molar-refractivity contribution in [2.24, 2.45) is 0 Å². The van der Waals surface area contributed by atoms with Crippen molar-refractivity contribution in [2.75, 3.05) is 6.61 Å². The molecule has 0 aromatic heterocycles. The van der Waals surface area contributed by atoms with Gasteiger partial charge in [0, 0.05) is 5.41 Å². The Morgan fingerprint density at radius 2 is 1.88 bits per heavy atom. The maximum atomic E-state index is 12.8. The molecule has 0 atom stereocenters. The van der Waals surface area contributed by atoms with Gasteiger partial charge in [0.25, 0.3) is 0 Å². The van der Waals surface area contributed by atoms with Gasteiger partial charge in [0.15, 0.2) is 11.5 Å². The van der Waals surface area contributed by atoms with E-state index in [4.69, 9.17) is 0 Å². The van der Waals surface area contributed by atoms with Crippen molar-refractivity contribution in [1.82, 2.24) is 0 Å². The van der Waals surface area contributed by atoms with Crippen molar-refractivity contribution < 1.29 is 23.4 Å². The van der Waals surface area contributed by atoms with E-state index >= 15 is 0 Å². The highest BCUT2D eigenvalue weighted by Gasteiger charge is 2.47. The molecule has 0 amide bonds. The first-order valence-electron chi connectivity index (χ1n) is 5.06. The molecular weight excluding hydrogens is 218 g/mol. The lowest BCUT2D eigenvalue weighted by molar-refractivity contribution is -0.286. The van der Waals surface area contributed by atoms with Gasteiger partial charge in [-0.15, -0.1) is 8.78 Å². The third-order valence-electron chi connectivity index (χ3n) is 3.17. The van der Waals surface area contributed by atoms with Crippen LogP contribution in [0.5, 0.6) is 11.5 Å². The van der Waals surface area contributed by atoms with E-state index in [1.807, 2.05) is 0 Å². The van der Waals surface area contributed by atoms with Crippen LogP contribution in [0.1, 0.15) is 18.4 Å². The lowest BCUT2D eigenvalue weighted by atomic mass is 9.97. The number of ether oxygens (including phenoxy) is 2. The minimum absolute atomic E-state index is 0.0308. The minimum atomic E-state index is -3.57. The summed E-state index contributed by atoms with van der Waals surface area (Å²) in [4.78, 5) is 0. The number of benzene rings is 1. The van der Waals surface area contributed by atoms with Crippen LogP contribution in [0.4, 0.5) is 8.78 Å². The molecule has 1 saturated carbocycles. The summed E-state index contributed by atoms with van der Waals surface area (Å²) in [6.07, 6.45) is -1.82. The van der Waals surface area contributed by atoms with Gasteiger partial charge in [0.1, 0.15) is 0 Å². The zero-order valence-electron chi connectivity index (χ0n) is 8.37. The van der Waals surface area contributed by atoms with E-state index in [2.05, 4.69) is 9.47 Å². The standard InChI is InChI=1S/C11H10F2O3/c12-11(13)15-8-2-1-7(5-9(8)16-11)10(6-14)3-4-10/h1-2,5,14H,3-4,6H2. The van der Waals surface area contributed by atoms with Crippen LogP contribution < -0.4 is 9.47 Å². The van der Waals surface area contributed by atoms with Gasteiger partial charge in [-0.25, -0.2) is 0 Å². The highest BCUT2D eigenvalue weighted by Crippen LogP contribution is 2.51. The molecule has 0 unspecified atom stereocenters. The van der Waals surface area contributed by atoms with E-state index in [0.29, 0.717) is 0 Å². The highest BCUT2D eigenvalue weighted by molar-refractivity contribution is 5.48. The number of fused-ring (bicyclic) bond motifs is 1. The molecule has 86 valence electrons. The van der Waals surface area contributed by atoms with E-state index in [9.17, 15) is 13.9 Å². The van der Waals surface area contributed by atoms with Gasteiger partial charge in [-0.1, -0.05) is 6.07 Å². The second kappa shape index (κ2) is 2.85. The Balaban J connectivity index is 1.97. The summed E-state index contributed by atoms with van der Waals surface area (Å²) >= 11 is 0. The van der Waals surface area contributed by atoms with Crippen molar-refractivity contribution in [3.05, 3.63) is 23.8 Å². The van der Waals surface area contributed by atoms with Gasteiger partial charge in [0.2, 0.25) is 0 Å². The predicted octanol–water partition coefficient (Wildman–Crippen LogP) is 2.03. The molecule has 1 N–H and O–H groups in total. The normalized spacial score (nSPS) is 23.2. The molecule has 5 heteroatoms. The zero-order chi connectivity index (χ0) is 11.4. The average Bonchev–Trinajstić information content (AvgIpc) is 2.95. The lowest BCUT2D eigenvalue weighted by Crippen LogP contribution is -2.25. The second-order valence-electron chi connectivity index (χ2n) is 4.27. The molecule has 3 nitrogen and oxygen atoms in total. The first kappa shape index (κ1) is 9.84. The van der Waals surface area contributed by atoms with Crippen LogP contribution in [0.15, 0.2) is 18.2 Å². The number of aliphatic hydroxyl groups excluding tert-OH is 1. The van der Waals surface area contributed by atoms with Crippen LogP contribution in [0.2, 0.25) is 0 Å². The Bertz CT molecular complexity index is 441. The third-order valence-corrected chi connectivity index (χ3v) is 3.17. The third kappa shape index (κ3) is 1.35. The molecule has 1 heterocycles. The molecule has 3 rings (SSSR count). The van der Waals surface area contributed by atoms with Crippen LogP contribution in [-0.4, -0.2) is 18.0 Å². The topological polar surface area (TPSA) is 38.7 Å². The van der Waals surface area contributed by atoms with E-state index in [-0.39, 0.29) is 23.5 Å². The fourth-order valence-electron chi connectivity index (χ4n) is 1.97. The predicted molar refractivity (Wildman–Crippen MR) is 50.6 cm³/mol. The summed E-state index contributed by atoms with van der Waals surface area (Å²) in [5, 5.41) is 9.24. The maximum absolute atomic E-state index is 12.8. The molecule has 1 aliphatic heterocycles. The van der Waals surface area contributed by atoms with Gasteiger partial charge in [-0.05, 0) is 30.5 Å². The monoisotopic (exact) mass is 228 g/mol. The number of rotatable bonds is 2. The zero-order valence-corrected chi connectivity index (χ0v) is 8.37. The quantitative estimate of drug-likeness (QED) is 0.841. The Morgan fingerprint density at radius 1 is 1.19 bits per heavy atom. The number of hydrogen-bond acceptors (Lipinski definition) is 3. The van der Waals surface area contributed by atoms with E-state index in [1.54, 1.807) is 6.07 Å². The molecule has 0 spiro atoms. The van der Waals surface area contributed by atoms with Crippen LogP contribution in [0.25, 0.3) is 0 Å². The summed E-state index contributed by atoms with van der Waals surface area (Å²) in [6, 6.07) is 4.69. The van der Waals surface area contributed by atoms with Gasteiger partial charge < -0.3 is 14.6 Å². The van der Waals surface area contributed by atoms with E-state index in [0.717, 1.165) is 18.4 Å². The van der Waals surface area contributed by atoms with Crippen molar-refractivity contribution in [3.63, 3.8) is 0 Å². The van der Waals surface area contributed by atoms with Crippen molar-refractivity contribution >= 4 is 0 Å². The van der Waals surface area contributed by atoms with Gasteiger partial charge >= 0.3 is 6.29 Å². The van der Waals surface area contributed by atoms with Crippen LogP contribution in [0, 0.1) is 0 Å². The van der Waals surface area contributed by atoms with Crippen LogP contribution >= 0.6 is 0 Å². The summed E-state index contributed by atoms with van der Waals surface area (Å²) in [5.41, 5.74) is 0.575. The second-order valence-corrected chi connectivity index (χ2v) is 4.27. The Kier molecular flexibility index (Phi) is 1.75. The first-order valence-corrected chi connectivity index (χ1v) is 5.06. The van der Waals surface area contributed by atoms with Crippen LogP contribution in [-0.2, 0) is 5.41 Å². The Morgan fingerprint density at radius 3 is 2.50 bits per heavy atom. The van der Waals surface area contributed by atoms with E-state index < -0.39 is 6.29 Å².